The summed E-state index contributed by atoms with van der Waals surface area (Å²) < 4.78 is 4.89. The van der Waals surface area contributed by atoms with E-state index in [0.29, 0.717) is 18.5 Å². The minimum absolute atomic E-state index is 0.291. The molecule has 2 fully saturated rings. The molecular formula is C18H20N2O5. The molecule has 1 saturated heterocycles. The average molecular weight is 344 g/mol. The highest BCUT2D eigenvalue weighted by Crippen LogP contribution is 2.37. The largest absolute Gasteiger partial charge is 0.454 e. The lowest BCUT2D eigenvalue weighted by molar-refractivity contribution is -0.154. The van der Waals surface area contributed by atoms with Gasteiger partial charge >= 0.3 is 5.97 Å². The summed E-state index contributed by atoms with van der Waals surface area (Å²) in [6.07, 6.45) is 3.25. The number of rotatable bonds is 5. The number of fused-ring (bicyclic) bond motifs is 1. The summed E-state index contributed by atoms with van der Waals surface area (Å²) in [5, 5.41) is 2.59. The number of amides is 3. The molecule has 2 aliphatic rings. The van der Waals surface area contributed by atoms with Crippen LogP contribution >= 0.6 is 0 Å². The van der Waals surface area contributed by atoms with Crippen molar-refractivity contribution in [2.75, 3.05) is 18.5 Å². The number of esters is 1. The van der Waals surface area contributed by atoms with Crippen LogP contribution in [0.5, 0.6) is 0 Å². The second-order valence-electron chi connectivity index (χ2n) is 6.33. The summed E-state index contributed by atoms with van der Waals surface area (Å²) in [7, 11) is 0. The van der Waals surface area contributed by atoms with Crippen molar-refractivity contribution in [2.45, 2.75) is 25.7 Å². The number of nitrogens with one attached hydrogen (secondary N) is 1. The zero-order chi connectivity index (χ0) is 17.8. The minimum Gasteiger partial charge on any atom is -0.454 e. The van der Waals surface area contributed by atoms with E-state index in [0.717, 1.165) is 17.7 Å². The molecule has 132 valence electrons. The number of hydrogen-bond donors (Lipinski definition) is 1. The number of anilines is 1. The van der Waals surface area contributed by atoms with Crippen molar-refractivity contribution < 1.29 is 23.9 Å². The zero-order valence-electron chi connectivity index (χ0n) is 13.8. The number of ether oxygens (including phenoxy) is 1. The standard InChI is InChI=1S/C18H20N2O5/c21-15(19-12-6-2-1-3-7-12)11-25-16(22)10-20-17(23)13-8-4-5-9-14(13)18(20)24/h1-3,6-7,13-14H,4-5,8-11H2,(H,19,21)/t13-,14-/m1/s1. The third-order valence-corrected chi connectivity index (χ3v) is 4.64. The van der Waals surface area contributed by atoms with Gasteiger partial charge in [-0.3, -0.25) is 24.1 Å². The Morgan fingerprint density at radius 2 is 1.64 bits per heavy atom. The Morgan fingerprint density at radius 3 is 2.24 bits per heavy atom. The minimum atomic E-state index is -0.761. The molecule has 1 aromatic rings. The molecule has 3 rings (SSSR count). The molecule has 1 aliphatic carbocycles. The highest BCUT2D eigenvalue weighted by atomic mass is 16.5. The number of para-hydroxylation sites is 1. The smallest absolute Gasteiger partial charge is 0.326 e. The van der Waals surface area contributed by atoms with E-state index < -0.39 is 25.0 Å². The lowest BCUT2D eigenvalue weighted by Crippen LogP contribution is -2.37. The molecule has 7 heteroatoms. The van der Waals surface area contributed by atoms with Gasteiger partial charge in [0, 0.05) is 5.69 Å². The number of likely N-dealkylation sites (tertiary alicyclic amines) is 1. The number of carbonyl (C=O) groups is 4. The first kappa shape index (κ1) is 17.1. The van der Waals surface area contributed by atoms with Crippen molar-refractivity contribution in [3.05, 3.63) is 30.3 Å². The number of benzene rings is 1. The van der Waals surface area contributed by atoms with Crippen molar-refractivity contribution in [2.24, 2.45) is 11.8 Å². The van der Waals surface area contributed by atoms with Gasteiger partial charge in [-0.25, -0.2) is 0 Å². The quantitative estimate of drug-likeness (QED) is 0.643. The van der Waals surface area contributed by atoms with E-state index in [2.05, 4.69) is 5.32 Å². The number of nitrogens with zero attached hydrogens (tertiary/aromatic N) is 1. The first-order valence-corrected chi connectivity index (χ1v) is 8.42. The molecule has 7 nitrogen and oxygen atoms in total. The van der Waals surface area contributed by atoms with Crippen LogP contribution in [-0.2, 0) is 23.9 Å². The van der Waals surface area contributed by atoms with E-state index in [4.69, 9.17) is 4.74 Å². The lowest BCUT2D eigenvalue weighted by atomic mass is 9.81. The Balaban J connectivity index is 1.48. The van der Waals surface area contributed by atoms with Gasteiger partial charge < -0.3 is 10.1 Å². The third-order valence-electron chi connectivity index (χ3n) is 4.64. The summed E-state index contributed by atoms with van der Waals surface area (Å²) in [5.41, 5.74) is 0.595. The molecule has 1 heterocycles. The fourth-order valence-corrected chi connectivity index (χ4v) is 3.43. The molecule has 1 aliphatic heterocycles. The first-order valence-electron chi connectivity index (χ1n) is 8.42. The van der Waals surface area contributed by atoms with Gasteiger partial charge in [-0.1, -0.05) is 31.0 Å². The Morgan fingerprint density at radius 1 is 1.04 bits per heavy atom. The van der Waals surface area contributed by atoms with E-state index in [9.17, 15) is 19.2 Å². The molecule has 0 bridgehead atoms. The molecule has 3 amide bonds. The van der Waals surface area contributed by atoms with Crippen LogP contribution in [-0.4, -0.2) is 41.7 Å². The molecule has 0 radical (unpaired) electrons. The molecule has 0 spiro atoms. The first-order chi connectivity index (χ1) is 12.1. The molecule has 25 heavy (non-hydrogen) atoms. The zero-order valence-corrected chi connectivity index (χ0v) is 13.8. The van der Waals surface area contributed by atoms with Crippen LogP contribution in [0.2, 0.25) is 0 Å². The summed E-state index contributed by atoms with van der Waals surface area (Å²) in [4.78, 5) is 49.2. The number of imide groups is 1. The Bertz CT molecular complexity index is 664. The van der Waals surface area contributed by atoms with E-state index in [1.807, 2.05) is 6.07 Å². The summed E-state index contributed by atoms with van der Waals surface area (Å²) in [6.45, 7) is -0.889. The van der Waals surface area contributed by atoms with Gasteiger partial charge in [0.2, 0.25) is 11.8 Å². The summed E-state index contributed by atoms with van der Waals surface area (Å²) >= 11 is 0. The van der Waals surface area contributed by atoms with Crippen LogP contribution in [0, 0.1) is 11.8 Å². The van der Waals surface area contributed by atoms with Gasteiger partial charge in [0.25, 0.3) is 5.91 Å². The van der Waals surface area contributed by atoms with Gasteiger partial charge in [-0.2, -0.15) is 0 Å². The van der Waals surface area contributed by atoms with Crippen LogP contribution in [0.1, 0.15) is 25.7 Å². The van der Waals surface area contributed by atoms with Crippen molar-refractivity contribution in [1.82, 2.24) is 4.90 Å². The Hall–Kier alpha value is -2.70. The lowest BCUT2D eigenvalue weighted by Gasteiger charge is -2.19. The topological polar surface area (TPSA) is 92.8 Å². The van der Waals surface area contributed by atoms with Crippen LogP contribution < -0.4 is 5.32 Å². The maximum Gasteiger partial charge on any atom is 0.326 e. The van der Waals surface area contributed by atoms with E-state index in [1.54, 1.807) is 24.3 Å². The predicted molar refractivity (Wildman–Crippen MR) is 88.2 cm³/mol. The molecular weight excluding hydrogens is 324 g/mol. The van der Waals surface area contributed by atoms with Gasteiger partial charge in [0.1, 0.15) is 6.54 Å². The fourth-order valence-electron chi connectivity index (χ4n) is 3.43. The second-order valence-corrected chi connectivity index (χ2v) is 6.33. The van der Waals surface area contributed by atoms with Crippen molar-refractivity contribution in [3.8, 4) is 0 Å². The molecule has 1 saturated carbocycles. The van der Waals surface area contributed by atoms with E-state index >= 15 is 0 Å². The third kappa shape index (κ3) is 3.87. The van der Waals surface area contributed by atoms with Crippen LogP contribution in [0.3, 0.4) is 0 Å². The SMILES string of the molecule is O=C(COC(=O)CN1C(=O)[C@@H]2CCCC[C@H]2C1=O)Nc1ccccc1. The second kappa shape index (κ2) is 7.46. The van der Waals surface area contributed by atoms with Gasteiger partial charge in [0.05, 0.1) is 11.8 Å². The molecule has 1 aromatic carbocycles. The number of hydrogen-bond acceptors (Lipinski definition) is 5. The van der Waals surface area contributed by atoms with Crippen LogP contribution in [0.15, 0.2) is 30.3 Å². The van der Waals surface area contributed by atoms with Gasteiger partial charge in [0.15, 0.2) is 6.61 Å². The summed E-state index contributed by atoms with van der Waals surface area (Å²) in [5.74, 6) is -2.41. The summed E-state index contributed by atoms with van der Waals surface area (Å²) in [6, 6.07) is 8.78. The maximum absolute atomic E-state index is 12.3. The molecule has 2 atom stereocenters. The van der Waals surface area contributed by atoms with Crippen molar-refractivity contribution >= 4 is 29.4 Å². The molecule has 1 N–H and O–H groups in total. The molecule has 0 aromatic heterocycles. The van der Waals surface area contributed by atoms with Gasteiger partial charge in [-0.05, 0) is 25.0 Å². The maximum atomic E-state index is 12.3. The highest BCUT2D eigenvalue weighted by molar-refractivity contribution is 6.07. The fraction of sp³-hybridized carbons (Fsp3) is 0.444. The van der Waals surface area contributed by atoms with Crippen LogP contribution in [0.25, 0.3) is 0 Å². The van der Waals surface area contributed by atoms with Gasteiger partial charge in [-0.15, -0.1) is 0 Å². The van der Waals surface area contributed by atoms with E-state index in [-0.39, 0.29) is 23.7 Å². The molecule has 0 unspecified atom stereocenters. The predicted octanol–water partition coefficient (Wildman–Crippen LogP) is 1.34. The normalized spacial score (nSPS) is 22.5. The number of carbonyl (C=O) groups excluding carboxylic acids is 4. The monoisotopic (exact) mass is 344 g/mol. The van der Waals surface area contributed by atoms with Crippen molar-refractivity contribution in [1.29, 1.82) is 0 Å². The van der Waals surface area contributed by atoms with Crippen molar-refractivity contribution in [3.63, 3.8) is 0 Å². The average Bonchev–Trinajstić information content (AvgIpc) is 2.86. The van der Waals surface area contributed by atoms with Crippen LogP contribution in [0.4, 0.5) is 5.69 Å². The highest BCUT2D eigenvalue weighted by Gasteiger charge is 2.48. The van der Waals surface area contributed by atoms with E-state index in [1.165, 1.54) is 0 Å². The Labute approximate surface area is 145 Å². The Kier molecular flexibility index (Phi) is 5.11.